The summed E-state index contributed by atoms with van der Waals surface area (Å²) in [5.74, 6) is 0.735. The highest BCUT2D eigenvalue weighted by molar-refractivity contribution is 5.97. The molecule has 0 spiro atoms. The van der Waals surface area contributed by atoms with Crippen LogP contribution in [0.4, 0.5) is 11.4 Å². The molecule has 22 heavy (non-hydrogen) atoms. The van der Waals surface area contributed by atoms with E-state index in [9.17, 15) is 0 Å². The quantitative estimate of drug-likeness (QED) is 0.528. The summed E-state index contributed by atoms with van der Waals surface area (Å²) in [4.78, 5) is 12.4. The highest BCUT2D eigenvalue weighted by Crippen LogP contribution is 2.30. The lowest BCUT2D eigenvalue weighted by molar-refractivity contribution is 1.31. The first-order valence-electron chi connectivity index (χ1n) is 7.07. The van der Waals surface area contributed by atoms with Crippen molar-refractivity contribution in [3.05, 3.63) is 48.7 Å². The van der Waals surface area contributed by atoms with Gasteiger partial charge >= 0.3 is 0 Å². The van der Waals surface area contributed by atoms with Gasteiger partial charge in [-0.15, -0.1) is 0 Å². The van der Waals surface area contributed by atoms with Crippen LogP contribution in [-0.4, -0.2) is 22.0 Å². The molecule has 5 nitrogen and oxygen atoms in total. The number of para-hydroxylation sites is 1. The van der Waals surface area contributed by atoms with Crippen molar-refractivity contribution in [2.45, 2.75) is 0 Å². The number of nitrogens with two attached hydrogens (primary N) is 1. The first-order chi connectivity index (χ1) is 10.8. The van der Waals surface area contributed by atoms with Gasteiger partial charge in [-0.3, -0.25) is 4.98 Å². The molecule has 4 N–H and O–H groups in total. The van der Waals surface area contributed by atoms with Crippen LogP contribution in [0.25, 0.3) is 33.3 Å². The van der Waals surface area contributed by atoms with Crippen molar-refractivity contribution in [3.63, 3.8) is 0 Å². The number of anilines is 2. The molecule has 0 saturated carbocycles. The number of nitrogen functional groups attached to an aromatic ring is 1. The SMILES string of the molecule is CNc1ccc2nc(-c3cnc4ccccc4c3N)[nH]c2c1. The molecule has 108 valence electrons. The minimum absolute atomic E-state index is 0.693. The second-order valence-electron chi connectivity index (χ2n) is 5.17. The maximum Gasteiger partial charge on any atom is 0.142 e. The molecule has 2 aromatic carbocycles. The van der Waals surface area contributed by atoms with Gasteiger partial charge in [0.25, 0.3) is 0 Å². The number of aromatic amines is 1. The molecule has 2 aromatic heterocycles. The Balaban J connectivity index is 1.93. The van der Waals surface area contributed by atoms with E-state index in [4.69, 9.17) is 5.73 Å². The minimum atomic E-state index is 0.693. The number of H-pyrrole nitrogens is 1. The number of nitrogens with one attached hydrogen (secondary N) is 2. The van der Waals surface area contributed by atoms with Gasteiger partial charge in [0.1, 0.15) is 5.82 Å². The van der Waals surface area contributed by atoms with Gasteiger partial charge in [-0.05, 0) is 24.3 Å². The van der Waals surface area contributed by atoms with E-state index in [2.05, 4.69) is 20.3 Å². The molecule has 0 saturated heterocycles. The van der Waals surface area contributed by atoms with Crippen LogP contribution < -0.4 is 11.1 Å². The maximum atomic E-state index is 6.32. The summed E-state index contributed by atoms with van der Waals surface area (Å²) in [5, 5.41) is 4.06. The van der Waals surface area contributed by atoms with Crippen molar-refractivity contribution in [1.82, 2.24) is 15.0 Å². The fraction of sp³-hybridized carbons (Fsp3) is 0.0588. The molecular formula is C17H15N5. The number of aromatic nitrogens is 3. The lowest BCUT2D eigenvalue weighted by Crippen LogP contribution is -1.94. The molecule has 0 aliphatic heterocycles. The molecule has 0 aliphatic rings. The molecule has 0 aliphatic carbocycles. The number of rotatable bonds is 2. The molecule has 4 rings (SSSR count). The van der Waals surface area contributed by atoms with Gasteiger partial charge in [-0.2, -0.15) is 0 Å². The summed E-state index contributed by atoms with van der Waals surface area (Å²) in [5.41, 5.74) is 11.6. The summed E-state index contributed by atoms with van der Waals surface area (Å²) in [7, 11) is 1.89. The number of hydrogen-bond donors (Lipinski definition) is 3. The predicted octanol–water partition coefficient (Wildman–Crippen LogP) is 3.40. The van der Waals surface area contributed by atoms with Crippen molar-refractivity contribution in [1.29, 1.82) is 0 Å². The normalized spacial score (nSPS) is 11.1. The molecule has 0 amide bonds. The highest BCUT2D eigenvalue weighted by atomic mass is 14.9. The van der Waals surface area contributed by atoms with Crippen LogP contribution in [0, 0.1) is 0 Å². The zero-order valence-corrected chi connectivity index (χ0v) is 12.1. The number of pyridine rings is 1. The molecule has 2 heterocycles. The zero-order chi connectivity index (χ0) is 15.1. The Kier molecular flexibility index (Phi) is 2.72. The fourth-order valence-corrected chi connectivity index (χ4v) is 2.64. The van der Waals surface area contributed by atoms with Gasteiger partial charge in [0.2, 0.25) is 0 Å². The summed E-state index contributed by atoms with van der Waals surface area (Å²) in [6, 6.07) is 13.8. The second-order valence-corrected chi connectivity index (χ2v) is 5.17. The number of nitrogens with zero attached hydrogens (tertiary/aromatic N) is 2. The average molecular weight is 289 g/mol. The van der Waals surface area contributed by atoms with Crippen LogP contribution in [0.5, 0.6) is 0 Å². The molecule has 5 heteroatoms. The van der Waals surface area contributed by atoms with Crippen LogP contribution in [0.15, 0.2) is 48.7 Å². The average Bonchev–Trinajstić information content (AvgIpc) is 2.98. The van der Waals surface area contributed by atoms with Gasteiger partial charge < -0.3 is 16.0 Å². The van der Waals surface area contributed by atoms with Crippen molar-refractivity contribution in [2.75, 3.05) is 18.1 Å². The number of benzene rings is 2. The highest BCUT2D eigenvalue weighted by Gasteiger charge is 2.11. The summed E-state index contributed by atoms with van der Waals surface area (Å²) >= 11 is 0. The van der Waals surface area contributed by atoms with Crippen LogP contribution in [-0.2, 0) is 0 Å². The molecule has 0 atom stereocenters. The van der Waals surface area contributed by atoms with Crippen molar-refractivity contribution in [2.24, 2.45) is 0 Å². The van der Waals surface area contributed by atoms with Gasteiger partial charge in [0.05, 0.1) is 27.8 Å². The number of imidazole rings is 1. The van der Waals surface area contributed by atoms with Gasteiger partial charge in [-0.1, -0.05) is 18.2 Å². The van der Waals surface area contributed by atoms with E-state index in [1.54, 1.807) is 6.20 Å². The van der Waals surface area contributed by atoms with Crippen LogP contribution in [0.1, 0.15) is 0 Å². The Morgan fingerprint density at radius 2 is 1.95 bits per heavy atom. The third-order valence-corrected chi connectivity index (χ3v) is 3.84. The fourth-order valence-electron chi connectivity index (χ4n) is 2.64. The molecule has 0 unspecified atom stereocenters. The topological polar surface area (TPSA) is 79.6 Å². The van der Waals surface area contributed by atoms with E-state index >= 15 is 0 Å². The van der Waals surface area contributed by atoms with E-state index < -0.39 is 0 Å². The third kappa shape index (κ3) is 1.87. The predicted molar refractivity (Wildman–Crippen MR) is 90.8 cm³/mol. The summed E-state index contributed by atoms with van der Waals surface area (Å²) < 4.78 is 0. The lowest BCUT2D eigenvalue weighted by atomic mass is 10.1. The Morgan fingerprint density at radius 1 is 1.09 bits per heavy atom. The minimum Gasteiger partial charge on any atom is -0.398 e. The van der Waals surface area contributed by atoms with E-state index in [0.717, 1.165) is 39.0 Å². The molecule has 0 radical (unpaired) electrons. The Bertz CT molecular complexity index is 987. The van der Waals surface area contributed by atoms with E-state index in [-0.39, 0.29) is 0 Å². The maximum absolute atomic E-state index is 6.32. The van der Waals surface area contributed by atoms with Crippen LogP contribution in [0.2, 0.25) is 0 Å². The monoisotopic (exact) mass is 289 g/mol. The molecule has 0 fully saturated rings. The largest absolute Gasteiger partial charge is 0.398 e. The van der Waals surface area contributed by atoms with E-state index in [1.165, 1.54) is 0 Å². The van der Waals surface area contributed by atoms with Gasteiger partial charge in [0, 0.05) is 24.3 Å². The van der Waals surface area contributed by atoms with Crippen molar-refractivity contribution >= 4 is 33.3 Å². The van der Waals surface area contributed by atoms with Crippen LogP contribution in [0.3, 0.4) is 0 Å². The van der Waals surface area contributed by atoms with Crippen LogP contribution >= 0.6 is 0 Å². The van der Waals surface area contributed by atoms with Gasteiger partial charge in [-0.25, -0.2) is 4.98 Å². The summed E-state index contributed by atoms with van der Waals surface area (Å²) in [6.45, 7) is 0. The van der Waals surface area contributed by atoms with Crippen molar-refractivity contribution in [3.8, 4) is 11.4 Å². The zero-order valence-electron chi connectivity index (χ0n) is 12.1. The molecular weight excluding hydrogens is 274 g/mol. The van der Waals surface area contributed by atoms with E-state index in [1.807, 2.05) is 49.5 Å². The smallest absolute Gasteiger partial charge is 0.142 e. The Hall–Kier alpha value is -3.08. The second kappa shape index (κ2) is 4.73. The number of fused-ring (bicyclic) bond motifs is 2. The Labute approximate surface area is 127 Å². The lowest BCUT2D eigenvalue weighted by Gasteiger charge is -2.05. The van der Waals surface area contributed by atoms with Gasteiger partial charge in [0.15, 0.2) is 0 Å². The molecule has 4 aromatic rings. The Morgan fingerprint density at radius 3 is 2.82 bits per heavy atom. The standard InChI is InChI=1S/C17H15N5/c1-19-10-6-7-14-15(8-10)22-17(21-14)12-9-20-13-5-3-2-4-11(13)16(12)18/h2-9,19H,1H3,(H2,18,20)(H,21,22). The first kappa shape index (κ1) is 12.6. The molecule has 0 bridgehead atoms. The summed E-state index contributed by atoms with van der Waals surface area (Å²) in [6.07, 6.45) is 1.77. The van der Waals surface area contributed by atoms with Crippen molar-refractivity contribution < 1.29 is 0 Å². The first-order valence-corrected chi connectivity index (χ1v) is 7.07. The number of hydrogen-bond acceptors (Lipinski definition) is 4. The third-order valence-electron chi connectivity index (χ3n) is 3.84. The van der Waals surface area contributed by atoms with E-state index in [0.29, 0.717) is 5.69 Å².